The first-order valence-electron chi connectivity index (χ1n) is 7.03. The van der Waals surface area contributed by atoms with Crippen LogP contribution in [0.4, 0.5) is 5.69 Å². The van der Waals surface area contributed by atoms with Crippen LogP contribution < -0.4 is 10.5 Å². The Morgan fingerprint density at radius 3 is 2.23 bits per heavy atom. The lowest BCUT2D eigenvalue weighted by Gasteiger charge is -2.46. The van der Waals surface area contributed by atoms with Crippen molar-refractivity contribution in [3.8, 4) is 5.75 Å². The number of nitrogens with zero attached hydrogens (tertiary/aromatic N) is 1. The number of anilines is 1. The Morgan fingerprint density at radius 1 is 1.00 bits per heavy atom. The Hall–Kier alpha value is -1.42. The number of ether oxygens (including phenoxy) is 1. The highest BCUT2D eigenvalue weighted by atomic mass is 16.5. The van der Waals surface area contributed by atoms with Crippen LogP contribution in [0.3, 0.4) is 0 Å². The smallest absolute Gasteiger partial charge is 0.136 e. The highest BCUT2D eigenvalue weighted by Crippen LogP contribution is 2.23. The van der Waals surface area contributed by atoms with Gasteiger partial charge in [0.25, 0.3) is 0 Å². The Balaban J connectivity index is 1.95. The topological polar surface area (TPSA) is 140 Å². The number of likely N-dealkylation sites (tertiary alicyclic amines) is 1. The average Bonchev–Trinajstić information content (AvgIpc) is 2.52. The molecule has 1 aliphatic rings. The van der Waals surface area contributed by atoms with Crippen LogP contribution in [0.1, 0.15) is 0 Å². The number of nitrogen functional groups attached to an aromatic ring is 1. The standard InChI is InChI=1S/C14H22N2O6/c15-8-1-3-9(4-2-8)22-6-5-16-10(7-17)11(18)12(19)13(20)14(16)21/h1-4,10-14,17-21H,5-7,15H2/t10-,11-,12+,13-,14?/m1/s1. The zero-order valence-electron chi connectivity index (χ0n) is 12.0. The second-order valence-electron chi connectivity index (χ2n) is 5.29. The van der Waals surface area contributed by atoms with Crippen molar-refractivity contribution in [3.05, 3.63) is 24.3 Å². The molecule has 1 aromatic rings. The van der Waals surface area contributed by atoms with Gasteiger partial charge in [0.15, 0.2) is 0 Å². The van der Waals surface area contributed by atoms with Crippen LogP contribution >= 0.6 is 0 Å². The van der Waals surface area contributed by atoms with Crippen molar-refractivity contribution in [2.75, 3.05) is 25.5 Å². The van der Waals surface area contributed by atoms with E-state index in [0.717, 1.165) is 0 Å². The number of rotatable bonds is 5. The summed E-state index contributed by atoms with van der Waals surface area (Å²) in [7, 11) is 0. The maximum absolute atomic E-state index is 9.98. The van der Waals surface area contributed by atoms with Crippen molar-refractivity contribution in [3.63, 3.8) is 0 Å². The van der Waals surface area contributed by atoms with E-state index in [2.05, 4.69) is 0 Å². The van der Waals surface area contributed by atoms with Gasteiger partial charge in [-0.1, -0.05) is 0 Å². The van der Waals surface area contributed by atoms with Crippen LogP contribution in [-0.2, 0) is 0 Å². The van der Waals surface area contributed by atoms with Gasteiger partial charge in [-0.2, -0.15) is 0 Å². The molecule has 124 valence electrons. The molecule has 8 heteroatoms. The molecule has 0 aliphatic carbocycles. The maximum Gasteiger partial charge on any atom is 0.136 e. The molecule has 0 aromatic heterocycles. The van der Waals surface area contributed by atoms with E-state index in [1.54, 1.807) is 24.3 Å². The zero-order valence-corrected chi connectivity index (χ0v) is 12.0. The zero-order chi connectivity index (χ0) is 16.3. The van der Waals surface area contributed by atoms with Crippen molar-refractivity contribution >= 4 is 5.69 Å². The van der Waals surface area contributed by atoms with E-state index in [1.807, 2.05) is 0 Å². The molecule has 0 amide bonds. The lowest BCUT2D eigenvalue weighted by molar-refractivity contribution is -0.223. The molecule has 1 heterocycles. The summed E-state index contributed by atoms with van der Waals surface area (Å²) in [6.45, 7) is -0.158. The third-order valence-electron chi connectivity index (χ3n) is 3.85. The summed E-state index contributed by atoms with van der Waals surface area (Å²) < 4.78 is 5.49. The van der Waals surface area contributed by atoms with E-state index in [9.17, 15) is 25.5 Å². The number of nitrogens with two attached hydrogens (primary N) is 1. The summed E-state index contributed by atoms with van der Waals surface area (Å²) in [6, 6.07) is 5.87. The molecule has 5 atom stereocenters. The second kappa shape index (κ2) is 7.23. The Kier molecular flexibility index (Phi) is 5.57. The first-order valence-corrected chi connectivity index (χ1v) is 7.03. The predicted molar refractivity (Wildman–Crippen MR) is 78.0 cm³/mol. The number of aliphatic hydroxyl groups is 5. The monoisotopic (exact) mass is 314 g/mol. The lowest BCUT2D eigenvalue weighted by atomic mass is 9.93. The molecule has 1 fully saturated rings. The van der Waals surface area contributed by atoms with Crippen molar-refractivity contribution in [2.24, 2.45) is 0 Å². The van der Waals surface area contributed by atoms with Crippen LogP contribution in [-0.4, -0.2) is 80.8 Å². The van der Waals surface area contributed by atoms with E-state index in [4.69, 9.17) is 10.5 Å². The van der Waals surface area contributed by atoms with E-state index in [-0.39, 0.29) is 13.2 Å². The fraction of sp³-hybridized carbons (Fsp3) is 0.571. The van der Waals surface area contributed by atoms with Gasteiger partial charge in [0.1, 0.15) is 36.9 Å². The largest absolute Gasteiger partial charge is 0.492 e. The van der Waals surface area contributed by atoms with E-state index < -0.39 is 37.2 Å². The van der Waals surface area contributed by atoms with Crippen molar-refractivity contribution in [2.45, 2.75) is 30.6 Å². The molecule has 0 saturated carbocycles. The minimum absolute atomic E-state index is 0.150. The molecule has 0 spiro atoms. The quantitative estimate of drug-likeness (QED) is 0.334. The normalized spacial score (nSPS) is 32.9. The lowest BCUT2D eigenvalue weighted by Crippen LogP contribution is -2.67. The van der Waals surface area contributed by atoms with Gasteiger partial charge in [0.05, 0.1) is 12.6 Å². The minimum atomic E-state index is -1.52. The number of hydrogen-bond donors (Lipinski definition) is 6. The fourth-order valence-corrected chi connectivity index (χ4v) is 2.54. The van der Waals surface area contributed by atoms with Crippen LogP contribution in [0.25, 0.3) is 0 Å². The number of aliphatic hydroxyl groups excluding tert-OH is 5. The van der Waals surface area contributed by atoms with Crippen molar-refractivity contribution < 1.29 is 30.3 Å². The SMILES string of the molecule is Nc1ccc(OCCN2C(O)[C@H](O)[C@@H](O)[C@H](O)[C@H]2CO)cc1. The summed E-state index contributed by atoms with van der Waals surface area (Å²) in [5.74, 6) is 0.586. The molecule has 0 radical (unpaired) electrons. The summed E-state index contributed by atoms with van der Waals surface area (Å²) in [6.07, 6.45) is -5.79. The Labute approximate surface area is 128 Å². The van der Waals surface area contributed by atoms with Gasteiger partial charge >= 0.3 is 0 Å². The molecule has 1 saturated heterocycles. The minimum Gasteiger partial charge on any atom is -0.492 e. The van der Waals surface area contributed by atoms with Gasteiger partial charge in [-0.05, 0) is 24.3 Å². The number of benzene rings is 1. The van der Waals surface area contributed by atoms with Gasteiger partial charge in [-0.15, -0.1) is 0 Å². The van der Waals surface area contributed by atoms with E-state index in [1.165, 1.54) is 4.90 Å². The molecular formula is C14H22N2O6. The first-order chi connectivity index (χ1) is 10.5. The number of piperidine rings is 1. The Morgan fingerprint density at radius 2 is 1.64 bits per heavy atom. The summed E-state index contributed by atoms with van der Waals surface area (Å²) in [4.78, 5) is 1.30. The second-order valence-corrected chi connectivity index (χ2v) is 5.29. The van der Waals surface area contributed by atoms with Crippen LogP contribution in [0.2, 0.25) is 0 Å². The molecule has 1 aliphatic heterocycles. The molecule has 1 aromatic carbocycles. The van der Waals surface area contributed by atoms with Crippen LogP contribution in [0.15, 0.2) is 24.3 Å². The van der Waals surface area contributed by atoms with Crippen molar-refractivity contribution in [1.29, 1.82) is 0 Å². The molecular weight excluding hydrogens is 292 g/mol. The van der Waals surface area contributed by atoms with E-state index in [0.29, 0.717) is 11.4 Å². The molecule has 0 bridgehead atoms. The number of hydrogen-bond acceptors (Lipinski definition) is 8. The molecule has 2 rings (SSSR count). The molecule has 1 unspecified atom stereocenters. The van der Waals surface area contributed by atoms with E-state index >= 15 is 0 Å². The third-order valence-corrected chi connectivity index (χ3v) is 3.85. The predicted octanol–water partition coefficient (Wildman–Crippen LogP) is -2.27. The molecule has 22 heavy (non-hydrogen) atoms. The maximum atomic E-state index is 9.98. The summed E-state index contributed by atoms with van der Waals surface area (Å²) >= 11 is 0. The average molecular weight is 314 g/mol. The fourth-order valence-electron chi connectivity index (χ4n) is 2.54. The van der Waals surface area contributed by atoms with Crippen LogP contribution in [0.5, 0.6) is 5.75 Å². The van der Waals surface area contributed by atoms with Crippen LogP contribution in [0, 0.1) is 0 Å². The highest BCUT2D eigenvalue weighted by Gasteiger charge is 2.46. The van der Waals surface area contributed by atoms with Crippen molar-refractivity contribution in [1.82, 2.24) is 4.90 Å². The van der Waals surface area contributed by atoms with Gasteiger partial charge in [0.2, 0.25) is 0 Å². The third kappa shape index (κ3) is 3.49. The van der Waals surface area contributed by atoms with Gasteiger partial charge < -0.3 is 36.0 Å². The highest BCUT2D eigenvalue weighted by molar-refractivity contribution is 5.41. The Bertz CT molecular complexity index is 471. The molecule has 8 nitrogen and oxygen atoms in total. The van der Waals surface area contributed by atoms with Gasteiger partial charge in [0, 0.05) is 12.2 Å². The van der Waals surface area contributed by atoms with Gasteiger partial charge in [-0.3, -0.25) is 4.90 Å². The summed E-state index contributed by atoms with van der Waals surface area (Å²) in [5, 5.41) is 48.5. The molecule has 7 N–H and O–H groups in total. The first kappa shape index (κ1) is 16.9. The summed E-state index contributed by atoms with van der Waals surface area (Å²) in [5.41, 5.74) is 6.18. The van der Waals surface area contributed by atoms with Gasteiger partial charge in [-0.25, -0.2) is 0 Å².